The van der Waals surface area contributed by atoms with Gasteiger partial charge >= 0.3 is 11.9 Å². The lowest BCUT2D eigenvalue weighted by Gasteiger charge is -1.95. The van der Waals surface area contributed by atoms with E-state index in [1.807, 2.05) is 26.0 Å². The van der Waals surface area contributed by atoms with Crippen LogP contribution in [0.3, 0.4) is 0 Å². The normalized spacial score (nSPS) is 21.9. The number of hydrogen-bond donors (Lipinski definition) is 0. The summed E-state index contributed by atoms with van der Waals surface area (Å²) >= 11 is 0. The van der Waals surface area contributed by atoms with E-state index < -0.39 is 0 Å². The van der Waals surface area contributed by atoms with Crippen LogP contribution in [0.25, 0.3) is 0 Å². The third-order valence-electron chi connectivity index (χ3n) is 2.70. The van der Waals surface area contributed by atoms with Gasteiger partial charge < -0.3 is 18.9 Å². The fourth-order valence-electron chi connectivity index (χ4n) is 1.27. The molecular formula is C18H24O6. The van der Waals surface area contributed by atoms with Gasteiger partial charge in [-0.1, -0.05) is 36.5 Å². The molecule has 2 aliphatic rings. The Kier molecular flexibility index (Phi) is 10.2. The summed E-state index contributed by atoms with van der Waals surface area (Å²) in [5.74, 6) is -0.632. The molecule has 2 unspecified atom stereocenters. The van der Waals surface area contributed by atoms with E-state index >= 15 is 0 Å². The van der Waals surface area contributed by atoms with Crippen molar-refractivity contribution in [3.05, 3.63) is 48.6 Å². The van der Waals surface area contributed by atoms with Crippen molar-refractivity contribution in [2.24, 2.45) is 0 Å². The molecule has 0 radical (unpaired) electrons. The molecule has 2 heterocycles. The molecule has 6 nitrogen and oxygen atoms in total. The van der Waals surface area contributed by atoms with E-state index in [1.54, 1.807) is 24.3 Å². The first kappa shape index (κ1) is 19.9. The Bertz CT molecular complexity index is 450. The van der Waals surface area contributed by atoms with Crippen molar-refractivity contribution in [3.8, 4) is 0 Å². The largest absolute Gasteiger partial charge is 0.460 e. The van der Waals surface area contributed by atoms with Gasteiger partial charge in [0.25, 0.3) is 0 Å². The van der Waals surface area contributed by atoms with E-state index in [4.69, 9.17) is 18.9 Å². The van der Waals surface area contributed by atoms with Gasteiger partial charge in [-0.25, -0.2) is 9.59 Å². The van der Waals surface area contributed by atoms with Gasteiger partial charge in [0.05, 0.1) is 13.2 Å². The predicted octanol–water partition coefficient (Wildman–Crippen LogP) is 2.12. The van der Waals surface area contributed by atoms with Crippen LogP contribution in [0.5, 0.6) is 0 Å². The number of epoxide rings is 2. The molecule has 0 aromatic heterocycles. The number of rotatable bonds is 8. The van der Waals surface area contributed by atoms with Crippen LogP contribution in [-0.2, 0) is 28.5 Å². The van der Waals surface area contributed by atoms with Crippen molar-refractivity contribution in [1.82, 2.24) is 0 Å². The molecule has 2 aliphatic heterocycles. The zero-order valence-electron chi connectivity index (χ0n) is 14.1. The average molecular weight is 336 g/mol. The second kappa shape index (κ2) is 12.3. The van der Waals surface area contributed by atoms with E-state index in [0.717, 1.165) is 0 Å². The molecule has 6 heteroatoms. The molecule has 2 saturated heterocycles. The number of carbonyl (C=O) groups is 2. The molecule has 0 saturated carbocycles. The van der Waals surface area contributed by atoms with E-state index in [-0.39, 0.29) is 24.1 Å². The highest BCUT2D eigenvalue weighted by molar-refractivity contribution is 5.82. The molecule has 2 rings (SSSR count). The van der Waals surface area contributed by atoms with Crippen LogP contribution in [0.15, 0.2) is 48.6 Å². The minimum absolute atomic E-state index is 0.143. The monoisotopic (exact) mass is 336 g/mol. The van der Waals surface area contributed by atoms with Crippen LogP contribution in [-0.4, -0.2) is 50.6 Å². The van der Waals surface area contributed by atoms with Gasteiger partial charge in [0.15, 0.2) is 0 Å². The Morgan fingerprint density at radius 2 is 1.21 bits per heavy atom. The SMILES string of the molecule is C/C=C/C=C/C(=O)OCC1CO1.C/C=C/C=C/C(=O)OCC1CO1. The zero-order valence-corrected chi connectivity index (χ0v) is 14.1. The van der Waals surface area contributed by atoms with E-state index in [0.29, 0.717) is 26.4 Å². The fourth-order valence-corrected chi connectivity index (χ4v) is 1.27. The minimum atomic E-state index is -0.316. The van der Waals surface area contributed by atoms with Crippen molar-refractivity contribution in [1.29, 1.82) is 0 Å². The van der Waals surface area contributed by atoms with Gasteiger partial charge in [0.2, 0.25) is 0 Å². The maximum Gasteiger partial charge on any atom is 0.330 e. The lowest BCUT2D eigenvalue weighted by atomic mass is 10.4. The summed E-state index contributed by atoms with van der Waals surface area (Å²) in [5, 5.41) is 0. The first-order valence-electron chi connectivity index (χ1n) is 7.81. The quantitative estimate of drug-likeness (QED) is 0.292. The van der Waals surface area contributed by atoms with Crippen molar-refractivity contribution < 1.29 is 28.5 Å². The molecule has 2 fully saturated rings. The van der Waals surface area contributed by atoms with E-state index in [1.165, 1.54) is 12.2 Å². The maximum atomic E-state index is 10.9. The van der Waals surface area contributed by atoms with Gasteiger partial charge in [0.1, 0.15) is 25.4 Å². The highest BCUT2D eigenvalue weighted by Gasteiger charge is 2.24. The van der Waals surface area contributed by atoms with Crippen molar-refractivity contribution >= 4 is 11.9 Å². The summed E-state index contributed by atoms with van der Waals surface area (Å²) < 4.78 is 19.4. The second-order valence-corrected chi connectivity index (χ2v) is 4.94. The molecule has 0 amide bonds. The molecule has 0 N–H and O–H groups in total. The number of esters is 2. The number of allylic oxidation sites excluding steroid dienone is 6. The molecule has 0 aliphatic carbocycles. The van der Waals surface area contributed by atoms with Crippen LogP contribution < -0.4 is 0 Å². The fraction of sp³-hybridized carbons (Fsp3) is 0.444. The Morgan fingerprint density at radius 1 is 0.833 bits per heavy atom. The van der Waals surface area contributed by atoms with Gasteiger partial charge in [-0.15, -0.1) is 0 Å². The Morgan fingerprint density at radius 3 is 1.50 bits per heavy atom. The predicted molar refractivity (Wildman–Crippen MR) is 89.3 cm³/mol. The summed E-state index contributed by atoms with van der Waals surface area (Å²) in [6.07, 6.45) is 13.6. The summed E-state index contributed by atoms with van der Waals surface area (Å²) in [4.78, 5) is 21.7. The Balaban J connectivity index is 0.000000240. The van der Waals surface area contributed by atoms with Crippen molar-refractivity contribution in [2.45, 2.75) is 26.1 Å². The molecule has 132 valence electrons. The van der Waals surface area contributed by atoms with Gasteiger partial charge in [-0.3, -0.25) is 0 Å². The number of ether oxygens (including phenoxy) is 4. The number of carbonyl (C=O) groups excluding carboxylic acids is 2. The van der Waals surface area contributed by atoms with Gasteiger partial charge in [-0.05, 0) is 13.8 Å². The van der Waals surface area contributed by atoms with E-state index in [2.05, 4.69) is 0 Å². The first-order chi connectivity index (χ1) is 11.7. The molecule has 24 heavy (non-hydrogen) atoms. The molecule has 0 bridgehead atoms. The third kappa shape index (κ3) is 12.4. The lowest BCUT2D eigenvalue weighted by molar-refractivity contribution is -0.139. The standard InChI is InChI=1S/2C9H12O3/c2*1-2-3-4-5-9(10)12-7-8-6-11-8/h2*2-5,8H,6-7H2,1H3/b2*3-2+,5-4+. The van der Waals surface area contributed by atoms with Crippen LogP contribution in [0.2, 0.25) is 0 Å². The molecule has 0 aromatic rings. The number of hydrogen-bond acceptors (Lipinski definition) is 6. The van der Waals surface area contributed by atoms with Crippen LogP contribution in [0.1, 0.15) is 13.8 Å². The summed E-state index contributed by atoms with van der Waals surface area (Å²) in [7, 11) is 0. The molecule has 0 spiro atoms. The second-order valence-electron chi connectivity index (χ2n) is 4.94. The Hall–Kier alpha value is -2.18. The summed E-state index contributed by atoms with van der Waals surface area (Å²) in [6, 6.07) is 0. The van der Waals surface area contributed by atoms with Crippen molar-refractivity contribution in [2.75, 3.05) is 26.4 Å². The lowest BCUT2D eigenvalue weighted by Crippen LogP contribution is -2.06. The molecule has 2 atom stereocenters. The van der Waals surface area contributed by atoms with Crippen LogP contribution >= 0.6 is 0 Å². The molecule has 0 aromatic carbocycles. The highest BCUT2D eigenvalue weighted by Crippen LogP contribution is 2.09. The summed E-state index contributed by atoms with van der Waals surface area (Å²) in [6.45, 7) is 5.94. The van der Waals surface area contributed by atoms with Gasteiger partial charge in [0, 0.05) is 12.2 Å². The topological polar surface area (TPSA) is 77.7 Å². The zero-order chi connectivity index (χ0) is 17.6. The third-order valence-corrected chi connectivity index (χ3v) is 2.70. The van der Waals surface area contributed by atoms with Crippen LogP contribution in [0.4, 0.5) is 0 Å². The first-order valence-corrected chi connectivity index (χ1v) is 7.81. The Labute approximate surface area is 142 Å². The van der Waals surface area contributed by atoms with E-state index in [9.17, 15) is 9.59 Å². The smallest absolute Gasteiger partial charge is 0.330 e. The highest BCUT2D eigenvalue weighted by atomic mass is 16.6. The average Bonchev–Trinajstić information content (AvgIpc) is 3.47. The molecular weight excluding hydrogens is 312 g/mol. The summed E-state index contributed by atoms with van der Waals surface area (Å²) in [5.41, 5.74) is 0. The minimum Gasteiger partial charge on any atom is -0.460 e. The maximum absolute atomic E-state index is 10.9. The van der Waals surface area contributed by atoms with Gasteiger partial charge in [-0.2, -0.15) is 0 Å². The van der Waals surface area contributed by atoms with Crippen LogP contribution in [0, 0.1) is 0 Å². The van der Waals surface area contributed by atoms with Crippen molar-refractivity contribution in [3.63, 3.8) is 0 Å².